The fraction of sp³-hybridized carbons (Fsp3) is 0. The third kappa shape index (κ3) is 2.78. The van der Waals surface area contributed by atoms with Crippen LogP contribution in [0.1, 0.15) is 10.4 Å². The van der Waals surface area contributed by atoms with Crippen molar-refractivity contribution in [1.82, 2.24) is 9.97 Å². The van der Waals surface area contributed by atoms with Gasteiger partial charge >= 0.3 is 5.97 Å². The number of aromatic nitrogens is 2. The summed E-state index contributed by atoms with van der Waals surface area (Å²) < 4.78 is 5.54. The molecule has 0 aliphatic heterocycles. The summed E-state index contributed by atoms with van der Waals surface area (Å²) in [6.07, 6.45) is 1.67. The van der Waals surface area contributed by atoms with Crippen LogP contribution in [0, 0.1) is 0 Å². The number of halogens is 1. The number of benzene rings is 1. The maximum Gasteiger partial charge on any atom is 0.341 e. The van der Waals surface area contributed by atoms with Crippen molar-refractivity contribution >= 4 is 28.5 Å². The molecule has 104 valence electrons. The van der Waals surface area contributed by atoms with E-state index >= 15 is 0 Å². The Labute approximate surface area is 124 Å². The number of rotatable bonds is 3. The van der Waals surface area contributed by atoms with E-state index in [0.717, 1.165) is 10.9 Å². The molecule has 0 bridgehead atoms. The molecule has 3 rings (SSSR count). The first kappa shape index (κ1) is 13.3. The molecule has 6 heteroatoms. The second-order valence-electron chi connectivity index (χ2n) is 4.25. The number of pyridine rings is 2. The number of hydrogen-bond donors (Lipinski definition) is 1. The molecule has 1 N–H and O–H groups in total. The molecule has 0 saturated carbocycles. The Kier molecular flexibility index (Phi) is 3.41. The van der Waals surface area contributed by atoms with Crippen molar-refractivity contribution in [2.45, 2.75) is 0 Å². The van der Waals surface area contributed by atoms with E-state index in [9.17, 15) is 4.79 Å². The topological polar surface area (TPSA) is 72.3 Å². The molecule has 1 aromatic carbocycles. The van der Waals surface area contributed by atoms with E-state index in [1.807, 2.05) is 18.2 Å². The molecule has 2 aromatic heterocycles. The first-order valence-electron chi connectivity index (χ1n) is 6.06. The van der Waals surface area contributed by atoms with Crippen molar-refractivity contribution in [3.05, 3.63) is 59.4 Å². The molecular weight excluding hydrogens is 292 g/mol. The zero-order chi connectivity index (χ0) is 14.8. The number of nitrogens with zero attached hydrogens (tertiary/aromatic N) is 2. The van der Waals surface area contributed by atoms with Gasteiger partial charge in [0, 0.05) is 17.6 Å². The largest absolute Gasteiger partial charge is 0.477 e. The first-order valence-corrected chi connectivity index (χ1v) is 6.44. The van der Waals surface area contributed by atoms with Gasteiger partial charge in [-0.3, -0.25) is 4.98 Å². The molecule has 2 heterocycles. The molecule has 0 aliphatic carbocycles. The van der Waals surface area contributed by atoms with Crippen LogP contribution in [-0.4, -0.2) is 21.0 Å². The fourth-order valence-corrected chi connectivity index (χ4v) is 2.02. The van der Waals surface area contributed by atoms with Crippen LogP contribution in [0.25, 0.3) is 10.9 Å². The van der Waals surface area contributed by atoms with Crippen molar-refractivity contribution in [2.24, 2.45) is 0 Å². The van der Waals surface area contributed by atoms with Crippen molar-refractivity contribution in [3.8, 4) is 11.6 Å². The molecule has 0 unspecified atom stereocenters. The second-order valence-corrected chi connectivity index (χ2v) is 4.64. The van der Waals surface area contributed by atoms with E-state index in [4.69, 9.17) is 21.4 Å². The predicted molar refractivity (Wildman–Crippen MR) is 78.0 cm³/mol. The molecular formula is C15H9ClN2O3. The maximum atomic E-state index is 11.2. The van der Waals surface area contributed by atoms with Crippen LogP contribution in [0.2, 0.25) is 5.15 Å². The molecule has 0 fully saturated rings. The van der Waals surface area contributed by atoms with Gasteiger partial charge in [0.05, 0.1) is 5.52 Å². The maximum absolute atomic E-state index is 11.2. The van der Waals surface area contributed by atoms with Crippen LogP contribution >= 0.6 is 11.6 Å². The Morgan fingerprint density at radius 3 is 2.86 bits per heavy atom. The molecule has 0 atom stereocenters. The van der Waals surface area contributed by atoms with Crippen molar-refractivity contribution in [3.63, 3.8) is 0 Å². The van der Waals surface area contributed by atoms with Gasteiger partial charge in [0.2, 0.25) is 5.88 Å². The predicted octanol–water partition coefficient (Wildman–Crippen LogP) is 3.77. The molecule has 21 heavy (non-hydrogen) atoms. The second kappa shape index (κ2) is 5.38. The number of carboxylic acids is 1. The molecule has 0 amide bonds. The van der Waals surface area contributed by atoms with E-state index in [1.165, 1.54) is 12.1 Å². The lowest BCUT2D eigenvalue weighted by Crippen LogP contribution is -2.02. The van der Waals surface area contributed by atoms with Crippen LogP contribution in [0.4, 0.5) is 0 Å². The van der Waals surface area contributed by atoms with Gasteiger partial charge in [0.25, 0.3) is 0 Å². The number of fused-ring (bicyclic) bond motifs is 1. The van der Waals surface area contributed by atoms with Gasteiger partial charge in [-0.15, -0.1) is 0 Å². The van der Waals surface area contributed by atoms with Crippen molar-refractivity contribution in [1.29, 1.82) is 0 Å². The Morgan fingerprint density at radius 1 is 1.19 bits per heavy atom. The number of carbonyl (C=O) groups is 1. The zero-order valence-corrected chi connectivity index (χ0v) is 11.4. The Hall–Kier alpha value is -2.66. The number of aromatic carboxylic acids is 1. The van der Waals surface area contributed by atoms with Gasteiger partial charge in [0.15, 0.2) is 0 Å². The summed E-state index contributed by atoms with van der Waals surface area (Å²) >= 11 is 5.79. The van der Waals surface area contributed by atoms with E-state index in [-0.39, 0.29) is 16.6 Å². The Bertz CT molecular complexity index is 836. The highest BCUT2D eigenvalue weighted by atomic mass is 35.5. The Morgan fingerprint density at radius 2 is 2.05 bits per heavy atom. The average molecular weight is 301 g/mol. The quantitative estimate of drug-likeness (QED) is 0.745. The fourth-order valence-electron chi connectivity index (χ4n) is 1.88. The molecule has 0 spiro atoms. The molecule has 3 aromatic rings. The third-order valence-electron chi connectivity index (χ3n) is 2.85. The number of carboxylic acid groups (broad SMARTS) is 1. The third-order valence-corrected chi connectivity index (χ3v) is 3.06. The average Bonchev–Trinajstić information content (AvgIpc) is 2.47. The Balaban J connectivity index is 2.02. The SMILES string of the molecule is O=C(O)c1ccc(Cl)nc1Oc1ccc2cccnc2c1. The molecule has 0 radical (unpaired) electrons. The lowest BCUT2D eigenvalue weighted by Gasteiger charge is -2.08. The normalized spacial score (nSPS) is 10.5. The van der Waals surface area contributed by atoms with Crippen LogP contribution in [0.15, 0.2) is 48.7 Å². The zero-order valence-electron chi connectivity index (χ0n) is 10.7. The first-order chi connectivity index (χ1) is 10.1. The molecule has 0 saturated heterocycles. The smallest absolute Gasteiger partial charge is 0.341 e. The van der Waals surface area contributed by atoms with Gasteiger partial charge in [0.1, 0.15) is 16.5 Å². The minimum atomic E-state index is -1.13. The molecule has 5 nitrogen and oxygen atoms in total. The van der Waals surface area contributed by atoms with E-state index < -0.39 is 5.97 Å². The lowest BCUT2D eigenvalue weighted by atomic mass is 10.2. The summed E-state index contributed by atoms with van der Waals surface area (Å²) in [5.74, 6) is -0.739. The van der Waals surface area contributed by atoms with Crippen molar-refractivity contribution < 1.29 is 14.6 Å². The number of hydrogen-bond acceptors (Lipinski definition) is 4. The van der Waals surface area contributed by atoms with Crippen molar-refractivity contribution in [2.75, 3.05) is 0 Å². The highest BCUT2D eigenvalue weighted by molar-refractivity contribution is 6.29. The minimum Gasteiger partial charge on any atom is -0.477 e. The molecule has 0 aliphatic rings. The van der Waals surface area contributed by atoms with Crippen LogP contribution in [0.3, 0.4) is 0 Å². The summed E-state index contributed by atoms with van der Waals surface area (Å²) in [5.41, 5.74) is 0.689. The van der Waals surface area contributed by atoms with Gasteiger partial charge < -0.3 is 9.84 Å². The van der Waals surface area contributed by atoms with Crippen LogP contribution in [-0.2, 0) is 0 Å². The van der Waals surface area contributed by atoms with E-state index in [0.29, 0.717) is 5.75 Å². The van der Waals surface area contributed by atoms with Gasteiger partial charge in [-0.1, -0.05) is 17.7 Å². The van der Waals surface area contributed by atoms with Gasteiger partial charge in [-0.05, 0) is 30.3 Å². The lowest BCUT2D eigenvalue weighted by molar-refractivity contribution is 0.0693. The monoisotopic (exact) mass is 300 g/mol. The van der Waals surface area contributed by atoms with Gasteiger partial charge in [-0.2, -0.15) is 0 Å². The summed E-state index contributed by atoms with van der Waals surface area (Å²) in [6, 6.07) is 11.8. The summed E-state index contributed by atoms with van der Waals surface area (Å²) in [6.45, 7) is 0. The number of ether oxygens (including phenoxy) is 1. The summed E-state index contributed by atoms with van der Waals surface area (Å²) in [5, 5.41) is 10.3. The van der Waals surface area contributed by atoms with Crippen LogP contribution < -0.4 is 4.74 Å². The highest BCUT2D eigenvalue weighted by Gasteiger charge is 2.14. The minimum absolute atomic E-state index is 0.0507. The van der Waals surface area contributed by atoms with Gasteiger partial charge in [-0.25, -0.2) is 9.78 Å². The van der Waals surface area contributed by atoms with E-state index in [2.05, 4.69) is 9.97 Å². The highest BCUT2D eigenvalue weighted by Crippen LogP contribution is 2.27. The summed E-state index contributed by atoms with van der Waals surface area (Å²) in [4.78, 5) is 19.3. The van der Waals surface area contributed by atoms with E-state index in [1.54, 1.807) is 18.3 Å². The summed E-state index contributed by atoms with van der Waals surface area (Å²) in [7, 11) is 0. The standard InChI is InChI=1S/C15H9ClN2O3/c16-13-6-5-11(15(19)20)14(18-13)21-10-4-3-9-2-1-7-17-12(9)8-10/h1-8H,(H,19,20). The van der Waals surface area contributed by atoms with Crippen LogP contribution in [0.5, 0.6) is 11.6 Å².